The lowest BCUT2D eigenvalue weighted by Gasteiger charge is -2.26. The normalized spacial score (nSPS) is 20.4. The molecule has 1 aromatic carbocycles. The van der Waals surface area contributed by atoms with Crippen LogP contribution in [-0.4, -0.2) is 31.2 Å². The van der Waals surface area contributed by atoms with Gasteiger partial charge in [0.2, 0.25) is 15.9 Å². The molecule has 0 N–H and O–H groups in total. The highest BCUT2D eigenvalue weighted by atomic mass is 32.2. The number of hydrogen-bond donors (Lipinski definition) is 0. The maximum absolute atomic E-state index is 13.1. The Morgan fingerprint density at radius 3 is 2.80 bits per heavy atom. The molecule has 1 aromatic heterocycles. The molecular formula is C18H20N2O3S2. The van der Waals surface area contributed by atoms with E-state index in [9.17, 15) is 13.2 Å². The van der Waals surface area contributed by atoms with Crippen LogP contribution in [0, 0.1) is 0 Å². The van der Waals surface area contributed by atoms with E-state index >= 15 is 0 Å². The maximum atomic E-state index is 13.1. The van der Waals surface area contributed by atoms with Crippen molar-refractivity contribution in [3.63, 3.8) is 0 Å². The molecule has 132 valence electrons. The molecule has 7 heteroatoms. The lowest BCUT2D eigenvalue weighted by atomic mass is 10.1. The number of carbonyl (C=O) groups is 1. The van der Waals surface area contributed by atoms with Crippen LogP contribution < -0.4 is 4.90 Å². The predicted molar refractivity (Wildman–Crippen MR) is 98.4 cm³/mol. The van der Waals surface area contributed by atoms with Crippen molar-refractivity contribution in [2.45, 2.75) is 44.2 Å². The van der Waals surface area contributed by atoms with Gasteiger partial charge in [0.15, 0.2) is 0 Å². The van der Waals surface area contributed by atoms with E-state index in [0.717, 1.165) is 23.2 Å². The van der Waals surface area contributed by atoms with Gasteiger partial charge in [-0.2, -0.15) is 4.31 Å². The van der Waals surface area contributed by atoms with Crippen molar-refractivity contribution in [3.05, 3.63) is 45.6 Å². The first-order valence-electron chi connectivity index (χ1n) is 8.36. The Bertz CT molecular complexity index is 949. The Morgan fingerprint density at radius 1 is 1.24 bits per heavy atom. The molecule has 0 saturated heterocycles. The Labute approximate surface area is 151 Å². The zero-order valence-corrected chi connectivity index (χ0v) is 15.9. The lowest BCUT2D eigenvalue weighted by molar-refractivity contribution is -0.116. The van der Waals surface area contributed by atoms with Gasteiger partial charge in [-0.1, -0.05) is 0 Å². The molecule has 1 atom stereocenters. The molecule has 1 amide bonds. The SMILES string of the molecule is CC(=O)N1c2ccc(S(=O)(=O)N3CCc4sccc4C3)cc2C[C@@H]1C. The van der Waals surface area contributed by atoms with Gasteiger partial charge in [-0.3, -0.25) is 4.79 Å². The molecule has 0 aliphatic carbocycles. The van der Waals surface area contributed by atoms with E-state index in [4.69, 9.17) is 0 Å². The maximum Gasteiger partial charge on any atom is 0.243 e. The third-order valence-corrected chi connectivity index (χ3v) is 7.88. The van der Waals surface area contributed by atoms with Gasteiger partial charge in [0, 0.05) is 36.6 Å². The Balaban J connectivity index is 1.67. The molecule has 3 heterocycles. The van der Waals surface area contributed by atoms with Crippen LogP contribution in [0.1, 0.15) is 29.9 Å². The molecule has 2 aliphatic heterocycles. The van der Waals surface area contributed by atoms with Crippen LogP contribution in [0.25, 0.3) is 0 Å². The molecule has 2 aromatic rings. The average molecular weight is 377 g/mol. The zero-order valence-electron chi connectivity index (χ0n) is 14.2. The van der Waals surface area contributed by atoms with Crippen LogP contribution in [0.5, 0.6) is 0 Å². The van der Waals surface area contributed by atoms with Crippen molar-refractivity contribution in [1.29, 1.82) is 0 Å². The second-order valence-corrected chi connectivity index (χ2v) is 9.63. The smallest absolute Gasteiger partial charge is 0.243 e. The zero-order chi connectivity index (χ0) is 17.8. The summed E-state index contributed by atoms with van der Waals surface area (Å²) in [5, 5.41) is 2.02. The van der Waals surface area contributed by atoms with Gasteiger partial charge >= 0.3 is 0 Å². The van der Waals surface area contributed by atoms with Gasteiger partial charge in [-0.25, -0.2) is 8.42 Å². The minimum atomic E-state index is -3.52. The number of fused-ring (bicyclic) bond motifs is 2. The van der Waals surface area contributed by atoms with Crippen molar-refractivity contribution < 1.29 is 13.2 Å². The Kier molecular flexibility index (Phi) is 3.97. The van der Waals surface area contributed by atoms with E-state index in [0.29, 0.717) is 24.4 Å². The first kappa shape index (κ1) is 16.8. The minimum absolute atomic E-state index is 0.0112. The number of anilines is 1. The molecule has 0 radical (unpaired) electrons. The first-order chi connectivity index (χ1) is 11.9. The third kappa shape index (κ3) is 2.70. The fourth-order valence-corrected chi connectivity index (χ4v) is 6.18. The highest BCUT2D eigenvalue weighted by Crippen LogP contribution is 2.35. The molecule has 5 nitrogen and oxygen atoms in total. The van der Waals surface area contributed by atoms with Crippen LogP contribution in [0.15, 0.2) is 34.5 Å². The van der Waals surface area contributed by atoms with Crippen molar-refractivity contribution in [1.82, 2.24) is 4.31 Å². The van der Waals surface area contributed by atoms with E-state index in [2.05, 4.69) is 0 Å². The fourth-order valence-electron chi connectivity index (χ4n) is 3.82. The van der Waals surface area contributed by atoms with Crippen LogP contribution in [0.3, 0.4) is 0 Å². The second-order valence-electron chi connectivity index (χ2n) is 6.69. The fraction of sp³-hybridized carbons (Fsp3) is 0.389. The molecule has 0 unspecified atom stereocenters. The van der Waals surface area contributed by atoms with Gasteiger partial charge in [0.25, 0.3) is 0 Å². The number of nitrogens with zero attached hydrogens (tertiary/aromatic N) is 2. The minimum Gasteiger partial charge on any atom is -0.309 e. The number of rotatable bonds is 2. The van der Waals surface area contributed by atoms with E-state index < -0.39 is 10.0 Å². The predicted octanol–water partition coefficient (Wildman–Crippen LogP) is 2.79. The average Bonchev–Trinajstić information content (AvgIpc) is 3.15. The topological polar surface area (TPSA) is 57.7 Å². The number of amides is 1. The summed E-state index contributed by atoms with van der Waals surface area (Å²) in [6.45, 7) is 4.48. The van der Waals surface area contributed by atoms with Gasteiger partial charge in [-0.15, -0.1) is 11.3 Å². The monoisotopic (exact) mass is 376 g/mol. The number of carbonyl (C=O) groups excluding carboxylic acids is 1. The second kappa shape index (κ2) is 5.93. The standard InChI is InChI=1S/C18H20N2O3S2/c1-12-9-15-10-16(3-4-17(15)20(12)13(2)21)25(22,23)19-7-5-18-14(11-19)6-8-24-18/h3-4,6,8,10,12H,5,7,9,11H2,1-2H3/t12-/m0/s1. The summed E-state index contributed by atoms with van der Waals surface area (Å²) >= 11 is 1.69. The highest BCUT2D eigenvalue weighted by Gasteiger charge is 2.33. The van der Waals surface area contributed by atoms with Gasteiger partial charge in [-0.05, 0) is 60.5 Å². The summed E-state index contributed by atoms with van der Waals surface area (Å²) in [7, 11) is -3.52. The highest BCUT2D eigenvalue weighted by molar-refractivity contribution is 7.89. The van der Waals surface area contributed by atoms with E-state index in [1.165, 1.54) is 4.88 Å². The number of thiophene rings is 1. The first-order valence-corrected chi connectivity index (χ1v) is 10.7. The van der Waals surface area contributed by atoms with Crippen molar-refractivity contribution >= 4 is 33.0 Å². The summed E-state index contributed by atoms with van der Waals surface area (Å²) in [5.41, 5.74) is 2.87. The molecule has 0 fully saturated rings. The molecule has 0 bridgehead atoms. The summed E-state index contributed by atoms with van der Waals surface area (Å²) in [5.74, 6) is -0.0112. The number of benzene rings is 1. The van der Waals surface area contributed by atoms with Gasteiger partial charge in [0.05, 0.1) is 4.90 Å². The summed E-state index contributed by atoms with van der Waals surface area (Å²) in [4.78, 5) is 15.2. The largest absolute Gasteiger partial charge is 0.309 e. The Morgan fingerprint density at radius 2 is 2.04 bits per heavy atom. The van der Waals surface area contributed by atoms with Gasteiger partial charge in [0.1, 0.15) is 0 Å². The Hall–Kier alpha value is -1.70. The quantitative estimate of drug-likeness (QED) is 0.810. The van der Waals surface area contributed by atoms with Crippen LogP contribution >= 0.6 is 11.3 Å². The summed E-state index contributed by atoms with van der Waals surface area (Å²) in [6, 6.07) is 7.22. The van der Waals surface area contributed by atoms with E-state index in [-0.39, 0.29) is 11.9 Å². The van der Waals surface area contributed by atoms with Crippen LogP contribution in [0.4, 0.5) is 5.69 Å². The number of sulfonamides is 1. The third-order valence-electron chi connectivity index (χ3n) is 5.02. The van der Waals surface area contributed by atoms with Crippen LogP contribution in [-0.2, 0) is 34.2 Å². The molecule has 2 aliphatic rings. The van der Waals surface area contributed by atoms with Crippen molar-refractivity contribution in [2.75, 3.05) is 11.4 Å². The number of hydrogen-bond acceptors (Lipinski definition) is 4. The summed E-state index contributed by atoms with van der Waals surface area (Å²) in [6.07, 6.45) is 1.46. The molecule has 4 rings (SSSR count). The van der Waals surface area contributed by atoms with E-state index in [1.807, 2.05) is 18.4 Å². The van der Waals surface area contributed by atoms with Crippen molar-refractivity contribution in [2.24, 2.45) is 0 Å². The van der Waals surface area contributed by atoms with E-state index in [1.54, 1.807) is 45.7 Å². The lowest BCUT2D eigenvalue weighted by Crippen LogP contribution is -2.35. The molecule has 0 saturated carbocycles. The van der Waals surface area contributed by atoms with Gasteiger partial charge < -0.3 is 4.90 Å². The molecule has 25 heavy (non-hydrogen) atoms. The van der Waals surface area contributed by atoms with Crippen molar-refractivity contribution in [3.8, 4) is 0 Å². The summed E-state index contributed by atoms with van der Waals surface area (Å²) < 4.78 is 27.7. The molecule has 0 spiro atoms. The molecular weight excluding hydrogens is 356 g/mol. The van der Waals surface area contributed by atoms with Crippen LogP contribution in [0.2, 0.25) is 0 Å².